The lowest BCUT2D eigenvalue weighted by molar-refractivity contribution is -0.384. The van der Waals surface area contributed by atoms with Crippen molar-refractivity contribution in [3.8, 4) is 0 Å². The van der Waals surface area contributed by atoms with Crippen molar-refractivity contribution >= 4 is 29.3 Å². The van der Waals surface area contributed by atoms with Gasteiger partial charge in [0.05, 0.1) is 11.0 Å². The molecule has 0 aliphatic carbocycles. The fourth-order valence-corrected chi connectivity index (χ4v) is 4.29. The van der Waals surface area contributed by atoms with Gasteiger partial charge < -0.3 is 9.64 Å². The molecule has 1 atom stereocenters. The summed E-state index contributed by atoms with van der Waals surface area (Å²) >= 11 is 1.27. The van der Waals surface area contributed by atoms with Gasteiger partial charge in [-0.3, -0.25) is 14.9 Å². The van der Waals surface area contributed by atoms with Gasteiger partial charge in [0.1, 0.15) is 12.3 Å². The number of non-ortho nitro benzene ring substituents is 1. The quantitative estimate of drug-likeness (QED) is 0.234. The van der Waals surface area contributed by atoms with Crippen LogP contribution in [-0.4, -0.2) is 37.7 Å². The van der Waals surface area contributed by atoms with E-state index < -0.39 is 10.9 Å². The highest BCUT2D eigenvalue weighted by Gasteiger charge is 2.48. The van der Waals surface area contributed by atoms with Crippen molar-refractivity contribution in [2.24, 2.45) is 0 Å². The van der Waals surface area contributed by atoms with Crippen molar-refractivity contribution in [2.75, 3.05) is 0 Å². The summed E-state index contributed by atoms with van der Waals surface area (Å²) in [6.07, 6.45) is 2.61. The maximum atomic E-state index is 12.8. The van der Waals surface area contributed by atoms with E-state index in [9.17, 15) is 19.7 Å². The first kappa shape index (κ1) is 19.1. The van der Waals surface area contributed by atoms with Crippen molar-refractivity contribution in [1.29, 1.82) is 0 Å². The number of nitro groups is 1. The smallest absolute Gasteiger partial charge is 0.356 e. The number of hydrogen-bond acceptors (Lipinski definition) is 8. The Kier molecular flexibility index (Phi) is 5.01. The van der Waals surface area contributed by atoms with Gasteiger partial charge in [-0.2, -0.15) is 0 Å². The molecule has 1 amide bonds. The highest BCUT2D eigenvalue weighted by molar-refractivity contribution is 8.03. The Morgan fingerprint density at radius 1 is 1.31 bits per heavy atom. The molecule has 3 heterocycles. The number of amides is 1. The van der Waals surface area contributed by atoms with Crippen molar-refractivity contribution in [3.63, 3.8) is 0 Å². The van der Waals surface area contributed by atoms with E-state index in [0.29, 0.717) is 28.5 Å². The highest BCUT2D eigenvalue weighted by Crippen LogP contribution is 2.44. The Hall–Kier alpha value is -3.27. The molecule has 148 valence electrons. The molecule has 1 unspecified atom stereocenters. The molecule has 0 radical (unpaired) electrons. The summed E-state index contributed by atoms with van der Waals surface area (Å²) in [5, 5.41) is 11.2. The number of hydrogen-bond donors (Lipinski definition) is 0. The Morgan fingerprint density at radius 2 is 2.07 bits per heavy atom. The molecule has 0 saturated carbocycles. The lowest BCUT2D eigenvalue weighted by Crippen LogP contribution is -2.49. The van der Waals surface area contributed by atoms with Gasteiger partial charge in [-0.25, -0.2) is 14.8 Å². The largest absolute Gasteiger partial charge is 0.456 e. The van der Waals surface area contributed by atoms with Crippen LogP contribution in [0.1, 0.15) is 24.1 Å². The van der Waals surface area contributed by atoms with Gasteiger partial charge in [0, 0.05) is 41.8 Å². The number of carbonyl (C=O) groups excluding carboxylic acids is 2. The number of aromatic nitrogens is 2. The summed E-state index contributed by atoms with van der Waals surface area (Å²) in [6.45, 7) is 1.80. The molecule has 2 aliphatic heterocycles. The van der Waals surface area contributed by atoms with Crippen LogP contribution in [-0.2, 0) is 20.9 Å². The predicted octanol–water partition coefficient (Wildman–Crippen LogP) is 2.74. The molecule has 1 aromatic heterocycles. The van der Waals surface area contributed by atoms with Crippen LogP contribution in [0.2, 0.25) is 0 Å². The van der Waals surface area contributed by atoms with Crippen LogP contribution < -0.4 is 0 Å². The molecule has 1 fully saturated rings. The predicted molar refractivity (Wildman–Crippen MR) is 102 cm³/mol. The first-order chi connectivity index (χ1) is 13.9. The number of benzene rings is 1. The standard InChI is InChI=1S/C19H16N4O5S/c1-11-6-7-20-19(21-11)29-15-8-14-9-16(24)22(14)17(15)18(25)28-10-12-2-4-13(5-3-12)23(26)27/h2-7,14H,8-10H2,1H3. The minimum Gasteiger partial charge on any atom is -0.456 e. The highest BCUT2D eigenvalue weighted by atomic mass is 32.2. The molecule has 29 heavy (non-hydrogen) atoms. The Labute approximate surface area is 169 Å². The molecule has 0 bridgehead atoms. The topological polar surface area (TPSA) is 116 Å². The lowest BCUT2D eigenvalue weighted by atomic mass is 10.0. The minimum atomic E-state index is -0.603. The number of thioether (sulfide) groups is 1. The van der Waals surface area contributed by atoms with Crippen LogP contribution >= 0.6 is 11.8 Å². The zero-order valence-corrected chi connectivity index (χ0v) is 16.2. The van der Waals surface area contributed by atoms with E-state index in [4.69, 9.17) is 4.74 Å². The summed E-state index contributed by atoms with van der Waals surface area (Å²) in [5.74, 6) is -0.716. The molecule has 2 aromatic rings. The first-order valence-corrected chi connectivity index (χ1v) is 9.67. The number of ether oxygens (including phenoxy) is 1. The summed E-state index contributed by atoms with van der Waals surface area (Å²) < 4.78 is 5.39. The third-order valence-electron chi connectivity index (χ3n) is 4.67. The molecule has 9 nitrogen and oxygen atoms in total. The molecule has 2 aliphatic rings. The second kappa shape index (κ2) is 7.63. The number of nitrogens with zero attached hydrogens (tertiary/aromatic N) is 4. The third kappa shape index (κ3) is 3.83. The zero-order chi connectivity index (χ0) is 20.5. The van der Waals surface area contributed by atoms with Crippen molar-refractivity contribution in [3.05, 3.63) is 68.5 Å². The van der Waals surface area contributed by atoms with Crippen molar-refractivity contribution in [1.82, 2.24) is 14.9 Å². The van der Waals surface area contributed by atoms with Gasteiger partial charge in [-0.05, 0) is 30.7 Å². The van der Waals surface area contributed by atoms with Crippen LogP contribution in [0.4, 0.5) is 5.69 Å². The summed E-state index contributed by atoms with van der Waals surface area (Å²) in [7, 11) is 0. The van der Waals surface area contributed by atoms with Crippen LogP contribution in [0.3, 0.4) is 0 Å². The average molecular weight is 412 g/mol. The number of carbonyl (C=O) groups is 2. The second-order valence-corrected chi connectivity index (χ2v) is 7.74. The lowest BCUT2D eigenvalue weighted by Gasteiger charge is -2.35. The van der Waals surface area contributed by atoms with E-state index in [2.05, 4.69) is 9.97 Å². The van der Waals surface area contributed by atoms with Crippen molar-refractivity contribution < 1.29 is 19.2 Å². The van der Waals surface area contributed by atoms with E-state index in [1.54, 1.807) is 12.3 Å². The monoisotopic (exact) mass is 412 g/mol. The van der Waals surface area contributed by atoms with E-state index in [1.165, 1.54) is 40.9 Å². The van der Waals surface area contributed by atoms with E-state index in [0.717, 1.165) is 5.69 Å². The molecule has 0 N–H and O–H groups in total. The number of fused-ring (bicyclic) bond motifs is 1. The summed E-state index contributed by atoms with van der Waals surface area (Å²) in [4.78, 5) is 45.8. The van der Waals surface area contributed by atoms with Crippen LogP contribution in [0.25, 0.3) is 0 Å². The number of aryl methyl sites for hydroxylation is 1. The maximum Gasteiger partial charge on any atom is 0.356 e. The second-order valence-electron chi connectivity index (χ2n) is 6.68. The number of β-lactam (4-membered cyclic amide) rings is 1. The number of nitro benzene ring substituents is 1. The Bertz CT molecular complexity index is 1040. The molecular weight excluding hydrogens is 396 g/mol. The molecular formula is C19H16N4O5S. The Balaban J connectivity index is 1.51. The van der Waals surface area contributed by atoms with Gasteiger partial charge in [0.25, 0.3) is 5.69 Å². The van der Waals surface area contributed by atoms with E-state index in [-0.39, 0.29) is 29.9 Å². The van der Waals surface area contributed by atoms with Gasteiger partial charge in [-0.1, -0.05) is 11.8 Å². The molecule has 10 heteroatoms. The normalized spacial score (nSPS) is 17.8. The Morgan fingerprint density at radius 3 is 2.72 bits per heavy atom. The van der Waals surface area contributed by atoms with E-state index >= 15 is 0 Å². The van der Waals surface area contributed by atoms with Gasteiger partial charge in [-0.15, -0.1) is 0 Å². The van der Waals surface area contributed by atoms with Crippen LogP contribution in [0, 0.1) is 17.0 Å². The van der Waals surface area contributed by atoms with Crippen LogP contribution in [0.15, 0.2) is 52.3 Å². The average Bonchev–Trinajstić information content (AvgIpc) is 2.98. The molecule has 1 saturated heterocycles. The fourth-order valence-electron chi connectivity index (χ4n) is 3.22. The minimum absolute atomic E-state index is 0.0308. The third-order valence-corrected chi connectivity index (χ3v) is 5.65. The van der Waals surface area contributed by atoms with Gasteiger partial charge in [0.15, 0.2) is 5.16 Å². The molecule has 4 rings (SSSR count). The SMILES string of the molecule is Cc1ccnc(SC2=C(C(=O)OCc3ccc([N+](=O)[O-])cc3)N3C(=O)CC3C2)n1. The summed E-state index contributed by atoms with van der Waals surface area (Å²) in [5.41, 5.74) is 1.63. The fraction of sp³-hybridized carbons (Fsp3) is 0.263. The van der Waals surface area contributed by atoms with Crippen LogP contribution in [0.5, 0.6) is 0 Å². The first-order valence-electron chi connectivity index (χ1n) is 8.85. The zero-order valence-electron chi connectivity index (χ0n) is 15.4. The number of rotatable bonds is 6. The molecule has 1 aromatic carbocycles. The van der Waals surface area contributed by atoms with Gasteiger partial charge >= 0.3 is 5.97 Å². The summed E-state index contributed by atoms with van der Waals surface area (Å²) in [6, 6.07) is 7.51. The maximum absolute atomic E-state index is 12.8. The van der Waals surface area contributed by atoms with Crippen molar-refractivity contribution in [2.45, 2.75) is 37.6 Å². The van der Waals surface area contributed by atoms with Gasteiger partial charge in [0.2, 0.25) is 5.91 Å². The number of esters is 1. The van der Waals surface area contributed by atoms with E-state index in [1.807, 2.05) is 6.92 Å². The molecule has 0 spiro atoms.